The molecule has 0 spiro atoms. The molecule has 2 rings (SSSR count). The fraction of sp³-hybridized carbons (Fsp3) is 0.429. The second-order valence-electron chi connectivity index (χ2n) is 4.86. The zero-order valence-corrected chi connectivity index (χ0v) is 12.5. The molecule has 1 amide bonds. The highest BCUT2D eigenvalue weighted by molar-refractivity contribution is 6.42. The highest BCUT2D eigenvalue weighted by atomic mass is 35.5. The van der Waals surface area contributed by atoms with Crippen LogP contribution >= 0.6 is 23.2 Å². The van der Waals surface area contributed by atoms with Gasteiger partial charge >= 0.3 is 0 Å². The third kappa shape index (κ3) is 2.90. The van der Waals surface area contributed by atoms with Crippen molar-refractivity contribution in [2.45, 2.75) is 31.4 Å². The Hall–Kier alpha value is -1.28. The van der Waals surface area contributed by atoms with Crippen LogP contribution in [0.25, 0.3) is 0 Å². The molecule has 1 aliphatic rings. The van der Waals surface area contributed by atoms with Gasteiger partial charge in [0.2, 0.25) is 0 Å². The lowest BCUT2D eigenvalue weighted by Gasteiger charge is -2.24. The molecule has 1 saturated heterocycles. The number of carbonyl (C=O) groups is 1. The van der Waals surface area contributed by atoms with E-state index in [1.165, 1.54) is 0 Å². The average Bonchev–Trinajstić information content (AvgIpc) is 2.87. The SMILES string of the molecule is CC1(C(=O)NC(C#N)c2cccc(Cl)c2Cl)CCCO1. The maximum Gasteiger partial charge on any atom is 0.253 e. The van der Waals surface area contributed by atoms with Crippen LogP contribution in [0.2, 0.25) is 10.0 Å². The van der Waals surface area contributed by atoms with Gasteiger partial charge in [0.25, 0.3) is 5.91 Å². The minimum atomic E-state index is -0.875. The number of benzene rings is 1. The van der Waals surface area contributed by atoms with Gasteiger partial charge in [0.1, 0.15) is 11.6 Å². The summed E-state index contributed by atoms with van der Waals surface area (Å²) < 4.78 is 5.46. The summed E-state index contributed by atoms with van der Waals surface area (Å²) in [7, 11) is 0. The third-order valence-corrected chi connectivity index (χ3v) is 4.23. The van der Waals surface area contributed by atoms with Crippen molar-refractivity contribution in [3.8, 4) is 6.07 Å². The van der Waals surface area contributed by atoms with E-state index < -0.39 is 11.6 Å². The second-order valence-corrected chi connectivity index (χ2v) is 5.65. The zero-order chi connectivity index (χ0) is 14.8. The fourth-order valence-corrected chi connectivity index (χ4v) is 2.58. The smallest absolute Gasteiger partial charge is 0.253 e. The molecule has 1 heterocycles. The minimum absolute atomic E-state index is 0.276. The molecular formula is C14H14Cl2N2O2. The molecular weight excluding hydrogens is 299 g/mol. The molecule has 0 saturated carbocycles. The van der Waals surface area contributed by atoms with Crippen molar-refractivity contribution in [2.24, 2.45) is 0 Å². The van der Waals surface area contributed by atoms with Crippen LogP contribution in [0, 0.1) is 11.3 Å². The number of nitrogens with zero attached hydrogens (tertiary/aromatic N) is 1. The standard InChI is InChI=1S/C14H14Cl2N2O2/c1-14(6-3-7-20-14)13(19)18-11(8-17)9-4-2-5-10(15)12(9)16/h2,4-5,11H,3,6-7H2,1H3,(H,18,19). The summed E-state index contributed by atoms with van der Waals surface area (Å²) in [5.41, 5.74) is -0.392. The Balaban J connectivity index is 2.20. The van der Waals surface area contributed by atoms with Gasteiger partial charge in [0, 0.05) is 12.2 Å². The van der Waals surface area contributed by atoms with Crippen LogP contribution in [0.4, 0.5) is 0 Å². The summed E-state index contributed by atoms with van der Waals surface area (Å²) in [6, 6.07) is 6.16. The van der Waals surface area contributed by atoms with Crippen LogP contribution in [-0.2, 0) is 9.53 Å². The van der Waals surface area contributed by atoms with Crippen molar-refractivity contribution in [2.75, 3.05) is 6.61 Å². The lowest BCUT2D eigenvalue weighted by atomic mass is 10.0. The molecule has 1 aliphatic heterocycles. The van der Waals surface area contributed by atoms with Crippen molar-refractivity contribution in [3.63, 3.8) is 0 Å². The van der Waals surface area contributed by atoms with Gasteiger partial charge in [0.15, 0.2) is 0 Å². The number of ether oxygens (including phenoxy) is 1. The summed E-state index contributed by atoms with van der Waals surface area (Å²) in [4.78, 5) is 12.2. The number of hydrogen-bond acceptors (Lipinski definition) is 3. The van der Waals surface area contributed by atoms with Gasteiger partial charge in [-0.05, 0) is 25.8 Å². The van der Waals surface area contributed by atoms with Gasteiger partial charge in [0.05, 0.1) is 16.1 Å². The minimum Gasteiger partial charge on any atom is -0.365 e. The first-order valence-corrected chi connectivity index (χ1v) is 7.02. The number of amides is 1. The first kappa shape index (κ1) is 15.1. The maximum atomic E-state index is 12.2. The quantitative estimate of drug-likeness (QED) is 0.932. The number of carbonyl (C=O) groups excluding carboxylic acids is 1. The van der Waals surface area contributed by atoms with E-state index in [0.29, 0.717) is 23.6 Å². The lowest BCUT2D eigenvalue weighted by Crippen LogP contribution is -2.45. The molecule has 6 heteroatoms. The number of rotatable bonds is 3. The van der Waals surface area contributed by atoms with Gasteiger partial charge in [-0.3, -0.25) is 4.79 Å². The highest BCUT2D eigenvalue weighted by Gasteiger charge is 2.39. The molecule has 0 aliphatic carbocycles. The molecule has 1 fully saturated rings. The van der Waals surface area contributed by atoms with Crippen LogP contribution in [0.15, 0.2) is 18.2 Å². The molecule has 1 N–H and O–H groups in total. The first-order chi connectivity index (χ1) is 9.48. The molecule has 2 atom stereocenters. The third-order valence-electron chi connectivity index (χ3n) is 3.40. The largest absolute Gasteiger partial charge is 0.365 e. The van der Waals surface area contributed by atoms with Crippen LogP contribution in [0.5, 0.6) is 0 Å². The summed E-state index contributed by atoms with van der Waals surface area (Å²) in [5, 5.41) is 12.6. The number of nitriles is 1. The van der Waals surface area contributed by atoms with E-state index >= 15 is 0 Å². The van der Waals surface area contributed by atoms with E-state index in [9.17, 15) is 10.1 Å². The van der Waals surface area contributed by atoms with Gasteiger partial charge in [-0.2, -0.15) is 5.26 Å². The summed E-state index contributed by atoms with van der Waals surface area (Å²) in [6.45, 7) is 2.28. The molecule has 2 unspecified atom stereocenters. The molecule has 0 radical (unpaired) electrons. The molecule has 1 aromatic rings. The number of hydrogen-bond donors (Lipinski definition) is 1. The molecule has 106 valence electrons. The van der Waals surface area contributed by atoms with Gasteiger partial charge in [-0.1, -0.05) is 35.3 Å². The Morgan fingerprint density at radius 2 is 2.30 bits per heavy atom. The number of nitrogens with one attached hydrogen (secondary N) is 1. The molecule has 1 aromatic carbocycles. The van der Waals surface area contributed by atoms with Crippen LogP contribution in [0.3, 0.4) is 0 Å². The Bertz CT molecular complexity index is 563. The van der Waals surface area contributed by atoms with Crippen molar-refractivity contribution in [3.05, 3.63) is 33.8 Å². The van der Waals surface area contributed by atoms with Crippen molar-refractivity contribution < 1.29 is 9.53 Å². The van der Waals surface area contributed by atoms with E-state index in [-0.39, 0.29) is 10.9 Å². The van der Waals surface area contributed by atoms with Gasteiger partial charge < -0.3 is 10.1 Å². The van der Waals surface area contributed by atoms with E-state index in [4.69, 9.17) is 27.9 Å². The van der Waals surface area contributed by atoms with E-state index in [1.54, 1.807) is 25.1 Å². The van der Waals surface area contributed by atoms with Crippen molar-refractivity contribution >= 4 is 29.1 Å². The summed E-state index contributed by atoms with van der Waals surface area (Å²) in [6.07, 6.45) is 1.47. The Kier molecular flexibility index (Phi) is 4.54. The molecule has 4 nitrogen and oxygen atoms in total. The molecule has 0 aromatic heterocycles. The van der Waals surface area contributed by atoms with E-state index in [0.717, 1.165) is 6.42 Å². The van der Waals surface area contributed by atoms with Crippen molar-refractivity contribution in [1.82, 2.24) is 5.32 Å². The van der Waals surface area contributed by atoms with Crippen LogP contribution < -0.4 is 5.32 Å². The zero-order valence-electron chi connectivity index (χ0n) is 11.0. The Morgan fingerprint density at radius 1 is 1.55 bits per heavy atom. The summed E-state index contributed by atoms with van der Waals surface area (Å²) in [5.74, 6) is -0.308. The predicted octanol–water partition coefficient (Wildman–Crippen LogP) is 3.24. The Morgan fingerprint density at radius 3 is 2.90 bits per heavy atom. The normalized spacial score (nSPS) is 23.1. The van der Waals surface area contributed by atoms with E-state index in [1.807, 2.05) is 6.07 Å². The number of halogens is 2. The van der Waals surface area contributed by atoms with E-state index in [2.05, 4.69) is 5.32 Å². The highest BCUT2D eigenvalue weighted by Crippen LogP contribution is 2.31. The Labute approximate surface area is 127 Å². The molecule has 0 bridgehead atoms. The summed E-state index contributed by atoms with van der Waals surface area (Å²) >= 11 is 12.0. The van der Waals surface area contributed by atoms with Crippen LogP contribution in [-0.4, -0.2) is 18.1 Å². The monoisotopic (exact) mass is 312 g/mol. The fourth-order valence-electron chi connectivity index (χ4n) is 2.16. The van der Waals surface area contributed by atoms with Crippen LogP contribution in [0.1, 0.15) is 31.4 Å². The predicted molar refractivity (Wildman–Crippen MR) is 76.5 cm³/mol. The lowest BCUT2D eigenvalue weighted by molar-refractivity contribution is -0.139. The van der Waals surface area contributed by atoms with Gasteiger partial charge in [-0.25, -0.2) is 0 Å². The average molecular weight is 313 g/mol. The topological polar surface area (TPSA) is 62.1 Å². The first-order valence-electron chi connectivity index (χ1n) is 6.26. The van der Waals surface area contributed by atoms with Gasteiger partial charge in [-0.15, -0.1) is 0 Å². The second kappa shape index (κ2) is 6.01. The maximum absolute atomic E-state index is 12.2. The molecule has 20 heavy (non-hydrogen) atoms. The van der Waals surface area contributed by atoms with Crippen molar-refractivity contribution in [1.29, 1.82) is 5.26 Å².